The van der Waals surface area contributed by atoms with Crippen molar-refractivity contribution in [2.45, 2.75) is 18.2 Å². The van der Waals surface area contributed by atoms with Gasteiger partial charge in [0.25, 0.3) is 0 Å². The number of piperazine rings is 1. The van der Waals surface area contributed by atoms with E-state index in [0.29, 0.717) is 43.4 Å². The fourth-order valence-corrected chi connectivity index (χ4v) is 6.01. The zero-order chi connectivity index (χ0) is 25.1. The lowest BCUT2D eigenvalue weighted by molar-refractivity contribution is 0.383. The Morgan fingerprint density at radius 1 is 0.806 bits per heavy atom. The summed E-state index contributed by atoms with van der Waals surface area (Å²) in [6.45, 7) is 3.86. The number of anilines is 1. The first-order chi connectivity index (χ1) is 17.4. The van der Waals surface area contributed by atoms with Crippen molar-refractivity contribution in [1.29, 1.82) is 0 Å². The molecule has 6 nitrogen and oxygen atoms in total. The summed E-state index contributed by atoms with van der Waals surface area (Å²) < 4.78 is 27.9. The summed E-state index contributed by atoms with van der Waals surface area (Å²) in [6.07, 6.45) is 0.709. The lowest BCUT2D eigenvalue weighted by Gasteiger charge is -2.36. The molecule has 1 aromatic heterocycles. The van der Waals surface area contributed by atoms with Crippen molar-refractivity contribution >= 4 is 27.4 Å². The molecule has 0 N–H and O–H groups in total. The van der Waals surface area contributed by atoms with Crippen molar-refractivity contribution < 1.29 is 8.42 Å². The quantitative estimate of drug-likeness (QED) is 0.350. The molecule has 3 aromatic carbocycles. The van der Waals surface area contributed by atoms with Gasteiger partial charge >= 0.3 is 0 Å². The third kappa shape index (κ3) is 5.14. The van der Waals surface area contributed by atoms with Crippen LogP contribution in [0.5, 0.6) is 0 Å². The smallest absolute Gasteiger partial charge is 0.243 e. The van der Waals surface area contributed by atoms with Crippen LogP contribution in [0.1, 0.15) is 16.8 Å². The maximum absolute atomic E-state index is 13.2. The van der Waals surface area contributed by atoms with E-state index in [1.165, 1.54) is 9.87 Å². The van der Waals surface area contributed by atoms with Gasteiger partial charge in [-0.05, 0) is 36.8 Å². The zero-order valence-electron chi connectivity index (χ0n) is 20.0. The molecular weight excluding hydrogens is 492 g/mol. The molecular formula is C28H27ClN4O2S. The second kappa shape index (κ2) is 10.4. The number of hydrogen-bond donors (Lipinski definition) is 0. The lowest BCUT2D eigenvalue weighted by atomic mass is 10.0. The fraction of sp³-hybridized carbons (Fsp3) is 0.214. The van der Waals surface area contributed by atoms with Crippen molar-refractivity contribution in [3.8, 4) is 11.4 Å². The molecule has 0 bridgehead atoms. The number of aryl methyl sites for hydroxylation is 1. The summed E-state index contributed by atoms with van der Waals surface area (Å²) in [5, 5.41) is 0.512. The van der Waals surface area contributed by atoms with Crippen molar-refractivity contribution in [3.05, 3.63) is 107 Å². The Bertz CT molecular complexity index is 1440. The molecule has 1 aliphatic rings. The number of rotatable bonds is 6. The Labute approximate surface area is 217 Å². The SMILES string of the molecule is Cc1nc(-c2ccccc2)nc(N2CCN(S(=O)(=O)c3ccc(Cl)cc3)CC2)c1Cc1ccccc1. The topological polar surface area (TPSA) is 66.4 Å². The highest BCUT2D eigenvalue weighted by molar-refractivity contribution is 7.89. The predicted molar refractivity (Wildman–Crippen MR) is 144 cm³/mol. The van der Waals surface area contributed by atoms with Gasteiger partial charge in [-0.3, -0.25) is 0 Å². The van der Waals surface area contributed by atoms with Gasteiger partial charge in [-0.2, -0.15) is 4.31 Å². The average molecular weight is 519 g/mol. The summed E-state index contributed by atoms with van der Waals surface area (Å²) in [5.41, 5.74) is 4.13. The molecule has 0 atom stereocenters. The van der Waals surface area contributed by atoms with Crippen LogP contribution in [0.3, 0.4) is 0 Å². The third-order valence-corrected chi connectivity index (χ3v) is 8.60. The van der Waals surface area contributed by atoms with Crippen molar-refractivity contribution in [2.75, 3.05) is 31.1 Å². The number of hydrogen-bond acceptors (Lipinski definition) is 5. The molecule has 5 rings (SSSR count). The van der Waals surface area contributed by atoms with E-state index >= 15 is 0 Å². The highest BCUT2D eigenvalue weighted by atomic mass is 35.5. The molecule has 0 spiro atoms. The van der Waals surface area contributed by atoms with Crippen LogP contribution in [0.25, 0.3) is 11.4 Å². The number of sulfonamides is 1. The van der Waals surface area contributed by atoms with E-state index in [9.17, 15) is 8.42 Å². The fourth-order valence-electron chi connectivity index (χ4n) is 4.46. The van der Waals surface area contributed by atoms with Crippen molar-refractivity contribution in [1.82, 2.24) is 14.3 Å². The molecule has 0 saturated carbocycles. The molecule has 36 heavy (non-hydrogen) atoms. The second-order valence-corrected chi connectivity index (χ2v) is 11.2. The van der Waals surface area contributed by atoms with Gasteiger partial charge in [0.15, 0.2) is 5.82 Å². The molecule has 0 amide bonds. The van der Waals surface area contributed by atoms with Gasteiger partial charge < -0.3 is 4.90 Å². The van der Waals surface area contributed by atoms with Gasteiger partial charge in [-0.15, -0.1) is 0 Å². The van der Waals surface area contributed by atoms with Crippen LogP contribution in [0.15, 0.2) is 89.8 Å². The van der Waals surface area contributed by atoms with Crippen molar-refractivity contribution in [2.24, 2.45) is 0 Å². The maximum atomic E-state index is 13.2. The minimum Gasteiger partial charge on any atom is -0.354 e. The van der Waals surface area contributed by atoms with Crippen LogP contribution < -0.4 is 4.90 Å². The normalized spacial score (nSPS) is 14.7. The minimum absolute atomic E-state index is 0.259. The Balaban J connectivity index is 1.45. The van der Waals surface area contributed by atoms with Gasteiger partial charge in [0.2, 0.25) is 10.0 Å². The highest BCUT2D eigenvalue weighted by Crippen LogP contribution is 2.29. The molecule has 0 aliphatic carbocycles. The largest absolute Gasteiger partial charge is 0.354 e. The zero-order valence-corrected chi connectivity index (χ0v) is 21.6. The van der Waals surface area contributed by atoms with E-state index in [1.54, 1.807) is 24.3 Å². The minimum atomic E-state index is -3.59. The summed E-state index contributed by atoms with van der Waals surface area (Å²) in [7, 11) is -3.59. The first-order valence-corrected chi connectivity index (χ1v) is 13.7. The van der Waals surface area contributed by atoms with Crippen LogP contribution in [0.4, 0.5) is 5.82 Å². The Kier molecular flexibility index (Phi) is 7.05. The lowest BCUT2D eigenvalue weighted by Crippen LogP contribution is -2.49. The van der Waals surface area contributed by atoms with Crippen LogP contribution in [0.2, 0.25) is 5.02 Å². The summed E-state index contributed by atoms with van der Waals surface area (Å²) in [6, 6.07) is 26.5. The van der Waals surface area contributed by atoms with Crippen LogP contribution in [-0.2, 0) is 16.4 Å². The highest BCUT2D eigenvalue weighted by Gasteiger charge is 2.30. The van der Waals surface area contributed by atoms with E-state index in [1.807, 2.05) is 55.5 Å². The molecule has 1 fully saturated rings. The second-order valence-electron chi connectivity index (χ2n) is 8.81. The monoisotopic (exact) mass is 518 g/mol. The van der Waals surface area contributed by atoms with Gasteiger partial charge in [0.05, 0.1) is 4.90 Å². The molecule has 184 valence electrons. The molecule has 2 heterocycles. The van der Waals surface area contributed by atoms with E-state index in [2.05, 4.69) is 17.0 Å². The number of nitrogens with zero attached hydrogens (tertiary/aromatic N) is 4. The van der Waals surface area contributed by atoms with Gasteiger partial charge in [-0.1, -0.05) is 72.3 Å². The number of halogens is 1. The molecule has 8 heteroatoms. The standard InChI is InChI=1S/C28H27ClN4O2S/c1-21-26(20-22-8-4-2-5-9-22)28(31-27(30-21)23-10-6-3-7-11-23)32-16-18-33(19-17-32)36(34,35)25-14-12-24(29)13-15-25/h2-15H,16-20H2,1H3. The summed E-state index contributed by atoms with van der Waals surface area (Å²) in [4.78, 5) is 12.3. The van der Waals surface area contributed by atoms with Gasteiger partial charge in [0, 0.05) is 54.4 Å². The Morgan fingerprint density at radius 3 is 2.06 bits per heavy atom. The Hall–Kier alpha value is -3.26. The average Bonchev–Trinajstić information content (AvgIpc) is 2.91. The van der Waals surface area contributed by atoms with Crippen LogP contribution in [0, 0.1) is 6.92 Å². The molecule has 1 saturated heterocycles. The third-order valence-electron chi connectivity index (χ3n) is 6.44. The van der Waals surface area contributed by atoms with E-state index < -0.39 is 10.0 Å². The summed E-state index contributed by atoms with van der Waals surface area (Å²) in [5.74, 6) is 1.55. The summed E-state index contributed by atoms with van der Waals surface area (Å²) >= 11 is 5.95. The van der Waals surface area contributed by atoms with Crippen LogP contribution >= 0.6 is 11.6 Å². The molecule has 0 unspecified atom stereocenters. The van der Waals surface area contributed by atoms with Gasteiger partial charge in [-0.25, -0.2) is 18.4 Å². The Morgan fingerprint density at radius 2 is 1.42 bits per heavy atom. The first-order valence-electron chi connectivity index (χ1n) is 11.9. The molecule has 0 radical (unpaired) electrons. The van der Waals surface area contributed by atoms with E-state index in [0.717, 1.165) is 22.6 Å². The maximum Gasteiger partial charge on any atom is 0.243 e. The number of aromatic nitrogens is 2. The van der Waals surface area contributed by atoms with E-state index in [-0.39, 0.29) is 4.90 Å². The van der Waals surface area contributed by atoms with E-state index in [4.69, 9.17) is 21.6 Å². The molecule has 4 aromatic rings. The van der Waals surface area contributed by atoms with Gasteiger partial charge in [0.1, 0.15) is 5.82 Å². The first kappa shape index (κ1) is 24.4. The van der Waals surface area contributed by atoms with Crippen LogP contribution in [-0.4, -0.2) is 48.9 Å². The number of benzene rings is 3. The predicted octanol–water partition coefficient (Wildman–Crippen LogP) is 5.21. The molecule has 1 aliphatic heterocycles. The van der Waals surface area contributed by atoms with Crippen molar-refractivity contribution in [3.63, 3.8) is 0 Å².